The lowest BCUT2D eigenvalue weighted by atomic mass is 10.1. The summed E-state index contributed by atoms with van der Waals surface area (Å²) in [5, 5.41) is 12.7. The van der Waals surface area contributed by atoms with Gasteiger partial charge in [-0.25, -0.2) is 18.5 Å². The SMILES string of the molecule is CCCc1cc(=O)n2nc(N(C)CC(=O)NCCc3ccc(S(N)(=O)=O)cc3)sc2n1. The molecule has 1 aromatic carbocycles. The highest BCUT2D eigenvalue weighted by Gasteiger charge is 2.14. The summed E-state index contributed by atoms with van der Waals surface area (Å²) in [7, 11) is -1.99. The number of amides is 1. The minimum atomic E-state index is -3.72. The fourth-order valence-corrected chi connectivity index (χ4v) is 4.32. The first-order chi connectivity index (χ1) is 14.7. The summed E-state index contributed by atoms with van der Waals surface area (Å²) in [5.41, 5.74) is 1.38. The number of hydrogen-bond acceptors (Lipinski definition) is 8. The van der Waals surface area contributed by atoms with Gasteiger partial charge < -0.3 is 10.2 Å². The fraction of sp³-hybridized carbons (Fsp3) is 0.368. The van der Waals surface area contributed by atoms with Gasteiger partial charge in [-0.3, -0.25) is 9.59 Å². The van der Waals surface area contributed by atoms with Gasteiger partial charge in [0.15, 0.2) is 0 Å². The van der Waals surface area contributed by atoms with Gasteiger partial charge in [-0.05, 0) is 30.5 Å². The molecular weight excluding hydrogens is 440 g/mol. The summed E-state index contributed by atoms with van der Waals surface area (Å²) in [4.78, 5) is 31.2. The Balaban J connectivity index is 1.55. The Labute approximate surface area is 183 Å². The molecule has 0 atom stereocenters. The molecule has 0 saturated carbocycles. The van der Waals surface area contributed by atoms with Crippen molar-refractivity contribution in [3.8, 4) is 0 Å². The van der Waals surface area contributed by atoms with Crippen LogP contribution in [0.4, 0.5) is 5.13 Å². The zero-order valence-corrected chi connectivity index (χ0v) is 18.9. The number of likely N-dealkylation sites (N-methyl/N-ethyl adjacent to an activating group) is 1. The first kappa shape index (κ1) is 22.8. The monoisotopic (exact) mass is 464 g/mol. The summed E-state index contributed by atoms with van der Waals surface area (Å²) in [6.45, 7) is 2.48. The lowest BCUT2D eigenvalue weighted by Gasteiger charge is -2.14. The van der Waals surface area contributed by atoms with Crippen LogP contribution in [0.2, 0.25) is 0 Å². The molecule has 0 radical (unpaired) electrons. The lowest BCUT2D eigenvalue weighted by molar-refractivity contribution is -0.119. The van der Waals surface area contributed by atoms with Crippen molar-refractivity contribution in [3.05, 3.63) is 51.9 Å². The number of fused-ring (bicyclic) bond motifs is 1. The highest BCUT2D eigenvalue weighted by Crippen LogP contribution is 2.20. The Kier molecular flexibility index (Phi) is 7.03. The second kappa shape index (κ2) is 9.54. The maximum Gasteiger partial charge on any atom is 0.275 e. The quantitative estimate of drug-likeness (QED) is 0.471. The molecule has 0 unspecified atom stereocenters. The maximum atomic E-state index is 12.3. The number of nitrogens with zero attached hydrogens (tertiary/aromatic N) is 4. The second-order valence-electron chi connectivity index (χ2n) is 7.06. The Morgan fingerprint density at radius 1 is 1.26 bits per heavy atom. The highest BCUT2D eigenvalue weighted by molar-refractivity contribution is 7.89. The van der Waals surface area contributed by atoms with E-state index in [2.05, 4.69) is 15.4 Å². The molecule has 0 aliphatic heterocycles. The summed E-state index contributed by atoms with van der Waals surface area (Å²) >= 11 is 1.25. The maximum absolute atomic E-state index is 12.3. The molecule has 0 bridgehead atoms. The summed E-state index contributed by atoms with van der Waals surface area (Å²) < 4.78 is 23.8. The summed E-state index contributed by atoms with van der Waals surface area (Å²) in [5.74, 6) is -0.199. The Hall–Kier alpha value is -2.83. The smallest absolute Gasteiger partial charge is 0.275 e. The second-order valence-corrected chi connectivity index (χ2v) is 9.56. The molecule has 1 amide bonds. The number of aromatic nitrogens is 3. The predicted octanol–water partition coefficient (Wildman–Crippen LogP) is 0.546. The molecule has 0 saturated heterocycles. The van der Waals surface area contributed by atoms with Gasteiger partial charge in [0.25, 0.3) is 5.56 Å². The zero-order chi connectivity index (χ0) is 22.6. The van der Waals surface area contributed by atoms with E-state index in [1.54, 1.807) is 24.1 Å². The van der Waals surface area contributed by atoms with Crippen molar-refractivity contribution in [2.75, 3.05) is 25.0 Å². The highest BCUT2D eigenvalue weighted by atomic mass is 32.2. The van der Waals surface area contributed by atoms with Crippen molar-refractivity contribution in [2.24, 2.45) is 5.14 Å². The number of primary sulfonamides is 1. The number of carbonyl (C=O) groups excluding carboxylic acids is 1. The largest absolute Gasteiger partial charge is 0.354 e. The number of carbonyl (C=O) groups is 1. The number of aryl methyl sites for hydroxylation is 1. The number of nitrogens with one attached hydrogen (secondary N) is 1. The predicted molar refractivity (Wildman–Crippen MR) is 119 cm³/mol. The van der Waals surface area contributed by atoms with E-state index in [4.69, 9.17) is 5.14 Å². The normalized spacial score (nSPS) is 11.6. The fourth-order valence-electron chi connectivity index (χ4n) is 2.92. The first-order valence-electron chi connectivity index (χ1n) is 9.66. The summed E-state index contributed by atoms with van der Waals surface area (Å²) in [6.07, 6.45) is 2.16. The Bertz CT molecular complexity index is 1230. The molecule has 3 N–H and O–H groups in total. The molecular formula is C19H24N6O4S2. The molecule has 10 nitrogen and oxygen atoms in total. The first-order valence-corrected chi connectivity index (χ1v) is 12.0. The van der Waals surface area contributed by atoms with E-state index in [0.29, 0.717) is 23.1 Å². The third kappa shape index (κ3) is 5.87. The van der Waals surface area contributed by atoms with Gasteiger partial charge in [0, 0.05) is 25.4 Å². The van der Waals surface area contributed by atoms with Crippen molar-refractivity contribution in [1.82, 2.24) is 19.9 Å². The van der Waals surface area contributed by atoms with Crippen molar-refractivity contribution >= 4 is 37.4 Å². The van der Waals surface area contributed by atoms with Gasteiger partial charge in [-0.15, -0.1) is 5.10 Å². The van der Waals surface area contributed by atoms with E-state index in [9.17, 15) is 18.0 Å². The minimum Gasteiger partial charge on any atom is -0.354 e. The number of anilines is 1. The third-order valence-corrected chi connectivity index (χ3v) is 6.44. The Morgan fingerprint density at radius 2 is 1.97 bits per heavy atom. The molecule has 2 heterocycles. The van der Waals surface area contributed by atoms with Crippen LogP contribution in [-0.4, -0.2) is 49.1 Å². The molecule has 31 heavy (non-hydrogen) atoms. The van der Waals surface area contributed by atoms with Crippen molar-refractivity contribution < 1.29 is 13.2 Å². The standard InChI is InChI=1S/C19H24N6O4S2/c1-3-4-14-11-17(27)25-18(22-14)30-19(23-25)24(2)12-16(26)21-10-9-13-5-7-15(8-6-13)31(20,28)29/h5-8,11H,3-4,9-10,12H2,1-2H3,(H,21,26)(H2,20,28,29). The van der Waals surface area contributed by atoms with Crippen LogP contribution >= 0.6 is 11.3 Å². The van der Waals surface area contributed by atoms with Crippen LogP contribution in [0.3, 0.4) is 0 Å². The van der Waals surface area contributed by atoms with E-state index < -0.39 is 10.0 Å². The molecule has 0 aliphatic carbocycles. The van der Waals surface area contributed by atoms with E-state index in [1.165, 1.54) is 34.1 Å². The Morgan fingerprint density at radius 3 is 2.61 bits per heavy atom. The average molecular weight is 465 g/mol. The van der Waals surface area contributed by atoms with Crippen LogP contribution in [0.5, 0.6) is 0 Å². The lowest BCUT2D eigenvalue weighted by Crippen LogP contribution is -2.36. The molecule has 3 aromatic rings. The average Bonchev–Trinajstić information content (AvgIpc) is 3.13. The molecule has 2 aromatic heterocycles. The van der Waals surface area contributed by atoms with E-state index >= 15 is 0 Å². The molecule has 3 rings (SSSR count). The van der Waals surface area contributed by atoms with Crippen LogP contribution < -0.4 is 20.9 Å². The van der Waals surface area contributed by atoms with Gasteiger partial charge >= 0.3 is 0 Å². The van der Waals surface area contributed by atoms with Crippen molar-refractivity contribution in [1.29, 1.82) is 0 Å². The molecule has 0 fully saturated rings. The van der Waals surface area contributed by atoms with E-state index in [0.717, 1.165) is 24.1 Å². The third-order valence-electron chi connectivity index (χ3n) is 4.49. The minimum absolute atomic E-state index is 0.0492. The van der Waals surface area contributed by atoms with Gasteiger partial charge in [0.2, 0.25) is 26.0 Å². The van der Waals surface area contributed by atoms with Crippen molar-refractivity contribution in [3.63, 3.8) is 0 Å². The molecule has 166 valence electrons. The number of hydrogen-bond donors (Lipinski definition) is 2. The van der Waals surface area contributed by atoms with Crippen LogP contribution in [0, 0.1) is 0 Å². The molecule has 0 spiro atoms. The van der Waals surface area contributed by atoms with Crippen LogP contribution in [0.25, 0.3) is 4.96 Å². The number of nitrogens with two attached hydrogens (primary N) is 1. The van der Waals surface area contributed by atoms with Crippen LogP contribution in [0.15, 0.2) is 40.0 Å². The molecule has 12 heteroatoms. The molecule has 0 aliphatic rings. The van der Waals surface area contributed by atoms with Gasteiger partial charge in [-0.2, -0.15) is 4.52 Å². The van der Waals surface area contributed by atoms with Crippen LogP contribution in [-0.2, 0) is 27.7 Å². The summed E-state index contributed by atoms with van der Waals surface area (Å²) in [6, 6.07) is 7.69. The van der Waals surface area contributed by atoms with E-state index in [-0.39, 0.29) is 22.9 Å². The van der Waals surface area contributed by atoms with Gasteiger partial charge in [-0.1, -0.05) is 36.8 Å². The van der Waals surface area contributed by atoms with Gasteiger partial charge in [0.05, 0.1) is 11.4 Å². The van der Waals surface area contributed by atoms with E-state index in [1.807, 2.05) is 6.92 Å². The number of benzene rings is 1. The number of sulfonamides is 1. The van der Waals surface area contributed by atoms with Crippen molar-refractivity contribution in [2.45, 2.75) is 31.1 Å². The topological polar surface area (TPSA) is 140 Å². The van der Waals surface area contributed by atoms with Gasteiger partial charge in [0.1, 0.15) is 0 Å². The zero-order valence-electron chi connectivity index (χ0n) is 17.2. The van der Waals surface area contributed by atoms with Crippen LogP contribution in [0.1, 0.15) is 24.6 Å². The number of rotatable bonds is 9.